The van der Waals surface area contributed by atoms with Crippen LogP contribution < -0.4 is 0 Å². The second-order valence-corrected chi connectivity index (χ2v) is 4.53. The van der Waals surface area contributed by atoms with Crippen molar-refractivity contribution in [2.24, 2.45) is 5.41 Å². The van der Waals surface area contributed by atoms with Gasteiger partial charge in [-0.2, -0.15) is 0 Å². The molecule has 0 aromatic carbocycles. The Morgan fingerprint density at radius 3 is 2.00 bits per heavy atom. The Labute approximate surface area is 82.0 Å². The number of aliphatic hydroxyl groups is 2. The second-order valence-electron chi connectivity index (χ2n) is 4.53. The van der Waals surface area contributed by atoms with Crippen molar-refractivity contribution in [2.45, 2.75) is 59.0 Å². The first kappa shape index (κ1) is 12.9. The summed E-state index contributed by atoms with van der Waals surface area (Å²) in [6.45, 7) is 7.98. The molecule has 0 bridgehead atoms. The summed E-state index contributed by atoms with van der Waals surface area (Å²) in [6.07, 6.45) is 3.60. The minimum Gasteiger partial charge on any atom is -0.396 e. The lowest BCUT2D eigenvalue weighted by Gasteiger charge is -2.41. The number of hydrogen-bond acceptors (Lipinski definition) is 2. The molecule has 2 heteroatoms. The number of unbranched alkanes of at least 4 members (excludes halogenated alkanes) is 1. The highest BCUT2D eigenvalue weighted by Crippen LogP contribution is 2.37. The molecule has 2 N–H and O–H groups in total. The Morgan fingerprint density at radius 1 is 1.15 bits per heavy atom. The maximum Gasteiger partial charge on any atom is 0.0717 e. The maximum atomic E-state index is 10.3. The molecule has 13 heavy (non-hydrogen) atoms. The van der Waals surface area contributed by atoms with Gasteiger partial charge in [-0.05, 0) is 12.8 Å². The number of aliphatic hydroxyl groups excluding tert-OH is 1. The molecular formula is C11H24O2. The third-order valence-electron chi connectivity index (χ3n) is 3.18. The van der Waals surface area contributed by atoms with Crippen molar-refractivity contribution in [3.05, 3.63) is 0 Å². The van der Waals surface area contributed by atoms with Crippen LogP contribution in [-0.4, -0.2) is 22.4 Å². The molecule has 1 unspecified atom stereocenters. The fourth-order valence-electron chi connectivity index (χ4n) is 1.61. The van der Waals surface area contributed by atoms with Gasteiger partial charge in [0.1, 0.15) is 0 Å². The SMILES string of the molecule is CCCCC(O)(CC)C(C)(C)CO. The molecule has 0 aliphatic carbocycles. The van der Waals surface area contributed by atoms with Gasteiger partial charge in [0, 0.05) is 5.41 Å². The third-order valence-corrected chi connectivity index (χ3v) is 3.18. The van der Waals surface area contributed by atoms with Crippen LogP contribution in [-0.2, 0) is 0 Å². The molecule has 0 radical (unpaired) electrons. The highest BCUT2D eigenvalue weighted by Gasteiger charge is 2.40. The van der Waals surface area contributed by atoms with Crippen LogP contribution in [0.1, 0.15) is 53.4 Å². The first-order valence-electron chi connectivity index (χ1n) is 5.26. The number of hydrogen-bond donors (Lipinski definition) is 2. The summed E-state index contributed by atoms with van der Waals surface area (Å²) in [5.74, 6) is 0. The Hall–Kier alpha value is -0.0800. The van der Waals surface area contributed by atoms with Crippen LogP contribution in [0.2, 0.25) is 0 Å². The van der Waals surface area contributed by atoms with Gasteiger partial charge >= 0.3 is 0 Å². The van der Waals surface area contributed by atoms with E-state index in [-0.39, 0.29) is 6.61 Å². The van der Waals surface area contributed by atoms with Crippen molar-refractivity contribution >= 4 is 0 Å². The van der Waals surface area contributed by atoms with Crippen molar-refractivity contribution in [3.8, 4) is 0 Å². The van der Waals surface area contributed by atoms with Crippen LogP contribution in [0.25, 0.3) is 0 Å². The highest BCUT2D eigenvalue weighted by molar-refractivity contribution is 4.91. The molecule has 1 atom stereocenters. The molecule has 0 heterocycles. The first-order chi connectivity index (χ1) is 5.93. The van der Waals surface area contributed by atoms with Gasteiger partial charge < -0.3 is 10.2 Å². The van der Waals surface area contributed by atoms with Crippen molar-refractivity contribution < 1.29 is 10.2 Å². The monoisotopic (exact) mass is 188 g/mol. The van der Waals surface area contributed by atoms with Gasteiger partial charge in [0.25, 0.3) is 0 Å². The second kappa shape index (κ2) is 4.97. The van der Waals surface area contributed by atoms with Gasteiger partial charge in [0.15, 0.2) is 0 Å². The predicted octanol–water partition coefficient (Wildman–Crippen LogP) is 2.34. The van der Waals surface area contributed by atoms with Gasteiger partial charge in [-0.15, -0.1) is 0 Å². The zero-order valence-electron chi connectivity index (χ0n) is 9.43. The van der Waals surface area contributed by atoms with Crippen molar-refractivity contribution in [1.82, 2.24) is 0 Å². The fourth-order valence-corrected chi connectivity index (χ4v) is 1.61. The molecule has 0 fully saturated rings. The first-order valence-corrected chi connectivity index (χ1v) is 5.26. The van der Waals surface area contributed by atoms with Crippen molar-refractivity contribution in [3.63, 3.8) is 0 Å². The molecule has 0 aromatic heterocycles. The summed E-state index contributed by atoms with van der Waals surface area (Å²) >= 11 is 0. The van der Waals surface area contributed by atoms with Gasteiger partial charge in [-0.25, -0.2) is 0 Å². The van der Waals surface area contributed by atoms with E-state index in [2.05, 4.69) is 6.92 Å². The van der Waals surface area contributed by atoms with E-state index in [1.54, 1.807) is 0 Å². The molecule has 2 nitrogen and oxygen atoms in total. The Bertz CT molecular complexity index is 143. The lowest BCUT2D eigenvalue weighted by molar-refractivity contribution is -0.0995. The Morgan fingerprint density at radius 2 is 1.69 bits per heavy atom. The van der Waals surface area contributed by atoms with E-state index in [1.807, 2.05) is 20.8 Å². The van der Waals surface area contributed by atoms with Crippen LogP contribution in [0.3, 0.4) is 0 Å². The van der Waals surface area contributed by atoms with Crippen LogP contribution in [0.5, 0.6) is 0 Å². The molecule has 0 aliphatic heterocycles. The van der Waals surface area contributed by atoms with Crippen molar-refractivity contribution in [2.75, 3.05) is 6.61 Å². The molecule has 0 saturated heterocycles. The minimum atomic E-state index is -0.711. The summed E-state index contributed by atoms with van der Waals surface area (Å²) in [4.78, 5) is 0. The summed E-state index contributed by atoms with van der Waals surface area (Å²) in [5.41, 5.74) is -1.10. The molecule has 0 aliphatic rings. The molecule has 0 amide bonds. The third kappa shape index (κ3) is 2.96. The molecular weight excluding hydrogens is 164 g/mol. The zero-order valence-corrected chi connectivity index (χ0v) is 9.43. The largest absolute Gasteiger partial charge is 0.396 e. The van der Waals surface area contributed by atoms with E-state index in [0.717, 1.165) is 19.3 Å². The normalized spacial score (nSPS) is 17.1. The molecule has 80 valence electrons. The standard InChI is InChI=1S/C11H24O2/c1-5-7-8-11(13,6-2)10(3,4)9-12/h12-13H,5-9H2,1-4H3. The van der Waals surface area contributed by atoms with E-state index < -0.39 is 11.0 Å². The number of rotatable bonds is 6. The van der Waals surface area contributed by atoms with Gasteiger partial charge in [0.2, 0.25) is 0 Å². The van der Waals surface area contributed by atoms with Gasteiger partial charge in [-0.3, -0.25) is 0 Å². The highest BCUT2D eigenvalue weighted by atomic mass is 16.3. The lowest BCUT2D eigenvalue weighted by atomic mass is 9.71. The van der Waals surface area contributed by atoms with Crippen LogP contribution in [0.4, 0.5) is 0 Å². The molecule has 0 rings (SSSR count). The summed E-state index contributed by atoms with van der Waals surface area (Å²) in [6, 6.07) is 0. The van der Waals surface area contributed by atoms with E-state index in [4.69, 9.17) is 0 Å². The van der Waals surface area contributed by atoms with Crippen LogP contribution in [0.15, 0.2) is 0 Å². The minimum absolute atomic E-state index is 0.0427. The predicted molar refractivity (Wildman–Crippen MR) is 55.6 cm³/mol. The van der Waals surface area contributed by atoms with E-state index in [9.17, 15) is 10.2 Å². The van der Waals surface area contributed by atoms with Gasteiger partial charge in [-0.1, -0.05) is 40.5 Å². The quantitative estimate of drug-likeness (QED) is 0.671. The summed E-state index contributed by atoms with van der Waals surface area (Å²) < 4.78 is 0. The van der Waals surface area contributed by atoms with Crippen LogP contribution in [0, 0.1) is 5.41 Å². The maximum absolute atomic E-state index is 10.3. The summed E-state index contributed by atoms with van der Waals surface area (Å²) in [5, 5.41) is 19.5. The topological polar surface area (TPSA) is 40.5 Å². The fraction of sp³-hybridized carbons (Fsp3) is 1.00. The van der Waals surface area contributed by atoms with Crippen LogP contribution >= 0.6 is 0 Å². The Kier molecular flexibility index (Phi) is 4.93. The summed E-state index contributed by atoms with van der Waals surface area (Å²) in [7, 11) is 0. The van der Waals surface area contributed by atoms with E-state index >= 15 is 0 Å². The molecule has 0 aromatic rings. The van der Waals surface area contributed by atoms with E-state index in [1.165, 1.54) is 0 Å². The Balaban J connectivity index is 4.42. The average molecular weight is 188 g/mol. The van der Waals surface area contributed by atoms with Gasteiger partial charge in [0.05, 0.1) is 12.2 Å². The molecule has 0 saturated carbocycles. The smallest absolute Gasteiger partial charge is 0.0717 e. The lowest BCUT2D eigenvalue weighted by Crippen LogP contribution is -2.46. The van der Waals surface area contributed by atoms with Crippen molar-refractivity contribution in [1.29, 1.82) is 0 Å². The van der Waals surface area contributed by atoms with E-state index in [0.29, 0.717) is 6.42 Å². The molecule has 0 spiro atoms. The zero-order chi connectivity index (χ0) is 10.5. The average Bonchev–Trinajstić information content (AvgIpc) is 2.13.